The van der Waals surface area contributed by atoms with Gasteiger partial charge < -0.3 is 5.21 Å². The third-order valence-electron chi connectivity index (χ3n) is 2.77. The molecule has 1 aromatic rings. The summed E-state index contributed by atoms with van der Waals surface area (Å²) in [4.78, 5) is 11.4. The van der Waals surface area contributed by atoms with Crippen LogP contribution in [0.1, 0.15) is 30.7 Å². The fourth-order valence-electron chi connectivity index (χ4n) is 2.04. The van der Waals surface area contributed by atoms with Crippen molar-refractivity contribution in [2.24, 2.45) is 5.16 Å². The number of ketones is 1. The van der Waals surface area contributed by atoms with Gasteiger partial charge in [0, 0.05) is 12.8 Å². The first-order chi connectivity index (χ1) is 7.29. The van der Waals surface area contributed by atoms with Crippen LogP contribution in [0.3, 0.4) is 0 Å². The highest BCUT2D eigenvalue weighted by molar-refractivity contribution is 6.04. The molecule has 0 aromatic heterocycles. The van der Waals surface area contributed by atoms with E-state index in [1.807, 2.05) is 30.3 Å². The molecule has 1 aromatic carbocycles. The summed E-state index contributed by atoms with van der Waals surface area (Å²) in [5, 5.41) is 11.9. The summed E-state index contributed by atoms with van der Waals surface area (Å²) >= 11 is 0. The maximum absolute atomic E-state index is 11.4. The standard InChI is InChI=1S/C12H13NO2/c14-12-7-10(6-11(8-12)13-15)9-4-2-1-3-5-9/h1-5,10,15H,6-8H2/b13-11+. The topological polar surface area (TPSA) is 49.7 Å². The van der Waals surface area contributed by atoms with Gasteiger partial charge in [0.15, 0.2) is 0 Å². The molecule has 0 heterocycles. The monoisotopic (exact) mass is 203 g/mol. The van der Waals surface area contributed by atoms with Crippen molar-refractivity contribution in [1.82, 2.24) is 0 Å². The largest absolute Gasteiger partial charge is 0.411 e. The van der Waals surface area contributed by atoms with Gasteiger partial charge in [-0.3, -0.25) is 4.79 Å². The third-order valence-corrected chi connectivity index (χ3v) is 2.77. The number of nitrogens with zero attached hydrogens (tertiary/aromatic N) is 1. The molecule has 1 N–H and O–H groups in total. The van der Waals surface area contributed by atoms with Crippen LogP contribution in [0.2, 0.25) is 0 Å². The molecular formula is C12H13NO2. The lowest BCUT2D eigenvalue weighted by Gasteiger charge is -2.21. The molecule has 1 unspecified atom stereocenters. The maximum Gasteiger partial charge on any atom is 0.139 e. The molecule has 0 radical (unpaired) electrons. The Hall–Kier alpha value is -1.64. The van der Waals surface area contributed by atoms with E-state index >= 15 is 0 Å². The van der Waals surface area contributed by atoms with Crippen LogP contribution in [0.4, 0.5) is 0 Å². The van der Waals surface area contributed by atoms with Crippen molar-refractivity contribution in [3.8, 4) is 0 Å². The second-order valence-corrected chi connectivity index (χ2v) is 3.90. The average molecular weight is 203 g/mol. The van der Waals surface area contributed by atoms with Crippen LogP contribution in [-0.4, -0.2) is 16.7 Å². The Bertz CT molecular complexity index is 384. The van der Waals surface area contributed by atoms with E-state index in [1.165, 1.54) is 0 Å². The van der Waals surface area contributed by atoms with E-state index < -0.39 is 0 Å². The Kier molecular flexibility index (Phi) is 2.81. The smallest absolute Gasteiger partial charge is 0.139 e. The molecule has 3 heteroatoms. The second kappa shape index (κ2) is 4.26. The van der Waals surface area contributed by atoms with Crippen LogP contribution in [0.5, 0.6) is 0 Å². The molecule has 3 nitrogen and oxygen atoms in total. The van der Waals surface area contributed by atoms with Crippen LogP contribution in [0, 0.1) is 0 Å². The number of benzene rings is 1. The van der Waals surface area contributed by atoms with Gasteiger partial charge in [0.2, 0.25) is 0 Å². The average Bonchev–Trinajstić information content (AvgIpc) is 2.29. The fourth-order valence-corrected chi connectivity index (χ4v) is 2.04. The normalized spacial score (nSPS) is 24.4. The van der Waals surface area contributed by atoms with E-state index in [0.717, 1.165) is 5.56 Å². The molecule has 1 aliphatic rings. The van der Waals surface area contributed by atoms with E-state index in [2.05, 4.69) is 5.16 Å². The predicted molar refractivity (Wildman–Crippen MR) is 57.3 cm³/mol. The summed E-state index contributed by atoms with van der Waals surface area (Å²) in [5.41, 5.74) is 1.74. The maximum atomic E-state index is 11.4. The first-order valence-electron chi connectivity index (χ1n) is 5.06. The summed E-state index contributed by atoms with van der Waals surface area (Å²) in [5.74, 6) is 0.334. The van der Waals surface area contributed by atoms with Gasteiger partial charge in [0.25, 0.3) is 0 Å². The van der Waals surface area contributed by atoms with Crippen molar-refractivity contribution in [2.75, 3.05) is 0 Å². The number of oxime groups is 1. The van der Waals surface area contributed by atoms with Gasteiger partial charge in [0.05, 0.1) is 5.71 Å². The summed E-state index contributed by atoms with van der Waals surface area (Å²) in [6.45, 7) is 0. The number of hydrogen-bond acceptors (Lipinski definition) is 3. The minimum absolute atomic E-state index is 0.155. The Labute approximate surface area is 88.4 Å². The molecule has 2 rings (SSSR count). The molecule has 0 amide bonds. The Balaban J connectivity index is 2.20. The number of carbonyl (C=O) groups is 1. The zero-order valence-electron chi connectivity index (χ0n) is 8.39. The van der Waals surface area contributed by atoms with Crippen molar-refractivity contribution in [3.05, 3.63) is 35.9 Å². The first kappa shape index (κ1) is 9.90. The molecule has 15 heavy (non-hydrogen) atoms. The van der Waals surface area contributed by atoms with E-state index in [0.29, 0.717) is 25.0 Å². The molecule has 1 atom stereocenters. The SMILES string of the molecule is O=C1C/C(=N/O)CC(c2ccccc2)C1. The molecule has 1 saturated carbocycles. The van der Waals surface area contributed by atoms with E-state index in [-0.39, 0.29) is 11.7 Å². The zero-order valence-corrected chi connectivity index (χ0v) is 8.39. The molecular weight excluding hydrogens is 190 g/mol. The van der Waals surface area contributed by atoms with Gasteiger partial charge in [-0.25, -0.2) is 0 Å². The second-order valence-electron chi connectivity index (χ2n) is 3.90. The first-order valence-corrected chi connectivity index (χ1v) is 5.06. The van der Waals surface area contributed by atoms with Crippen LogP contribution in [-0.2, 0) is 4.79 Å². The highest BCUT2D eigenvalue weighted by atomic mass is 16.4. The molecule has 0 saturated heterocycles. The number of hydrogen-bond donors (Lipinski definition) is 1. The van der Waals surface area contributed by atoms with Gasteiger partial charge in [-0.2, -0.15) is 0 Å². The van der Waals surface area contributed by atoms with E-state index in [4.69, 9.17) is 5.21 Å². The summed E-state index contributed by atoms with van der Waals surface area (Å²) < 4.78 is 0. The molecule has 0 spiro atoms. The minimum Gasteiger partial charge on any atom is -0.411 e. The molecule has 0 aliphatic heterocycles. The zero-order chi connectivity index (χ0) is 10.7. The lowest BCUT2D eigenvalue weighted by atomic mass is 9.82. The fraction of sp³-hybridized carbons (Fsp3) is 0.333. The van der Waals surface area contributed by atoms with Gasteiger partial charge in [-0.15, -0.1) is 0 Å². The van der Waals surface area contributed by atoms with Crippen LogP contribution in [0.25, 0.3) is 0 Å². The van der Waals surface area contributed by atoms with Crippen molar-refractivity contribution >= 4 is 11.5 Å². The summed E-state index contributed by atoms with van der Waals surface area (Å²) in [7, 11) is 0. The summed E-state index contributed by atoms with van der Waals surface area (Å²) in [6.07, 6.45) is 1.55. The quantitative estimate of drug-likeness (QED) is 0.562. The molecule has 0 bridgehead atoms. The lowest BCUT2D eigenvalue weighted by molar-refractivity contribution is -0.118. The minimum atomic E-state index is 0.155. The van der Waals surface area contributed by atoms with Crippen molar-refractivity contribution in [2.45, 2.75) is 25.2 Å². The van der Waals surface area contributed by atoms with Gasteiger partial charge in [0.1, 0.15) is 5.78 Å². The molecule has 1 aliphatic carbocycles. The van der Waals surface area contributed by atoms with E-state index in [9.17, 15) is 4.79 Å². The predicted octanol–water partition coefficient (Wildman–Crippen LogP) is 2.35. The summed E-state index contributed by atoms with van der Waals surface area (Å²) in [6, 6.07) is 9.90. The van der Waals surface area contributed by atoms with Gasteiger partial charge in [-0.05, 0) is 17.9 Å². The number of carbonyl (C=O) groups excluding carboxylic acids is 1. The Morgan fingerprint density at radius 3 is 2.60 bits per heavy atom. The van der Waals surface area contributed by atoms with Gasteiger partial charge in [-0.1, -0.05) is 35.5 Å². The third kappa shape index (κ3) is 2.24. The van der Waals surface area contributed by atoms with Crippen molar-refractivity contribution in [1.29, 1.82) is 0 Å². The molecule has 1 fully saturated rings. The highest BCUT2D eigenvalue weighted by Gasteiger charge is 2.25. The highest BCUT2D eigenvalue weighted by Crippen LogP contribution is 2.29. The lowest BCUT2D eigenvalue weighted by Crippen LogP contribution is -2.21. The van der Waals surface area contributed by atoms with E-state index in [1.54, 1.807) is 0 Å². The van der Waals surface area contributed by atoms with Crippen LogP contribution < -0.4 is 0 Å². The van der Waals surface area contributed by atoms with Crippen LogP contribution >= 0.6 is 0 Å². The number of Topliss-reactive ketones (excluding diaryl/α,β-unsaturated/α-hetero) is 1. The Morgan fingerprint density at radius 2 is 1.93 bits per heavy atom. The number of rotatable bonds is 1. The van der Waals surface area contributed by atoms with Crippen molar-refractivity contribution < 1.29 is 10.0 Å². The molecule has 78 valence electrons. The van der Waals surface area contributed by atoms with Gasteiger partial charge >= 0.3 is 0 Å². The van der Waals surface area contributed by atoms with Crippen LogP contribution in [0.15, 0.2) is 35.5 Å². The Morgan fingerprint density at radius 1 is 1.20 bits per heavy atom. The van der Waals surface area contributed by atoms with Crippen molar-refractivity contribution in [3.63, 3.8) is 0 Å².